The molecule has 156 valence electrons. The molecule has 2 aromatic carbocycles. The monoisotopic (exact) mass is 415 g/mol. The Labute approximate surface area is 170 Å². The zero-order valence-corrected chi connectivity index (χ0v) is 15.9. The van der Waals surface area contributed by atoms with Gasteiger partial charge in [0.2, 0.25) is 5.91 Å². The van der Waals surface area contributed by atoms with Gasteiger partial charge >= 0.3 is 0 Å². The van der Waals surface area contributed by atoms with Crippen molar-refractivity contribution in [2.75, 3.05) is 6.54 Å². The Hall–Kier alpha value is -3.26. The average Bonchev–Trinajstić information content (AvgIpc) is 3.22. The molecular formula is C22H20F3N3O2. The summed E-state index contributed by atoms with van der Waals surface area (Å²) in [6, 6.07) is 7.01. The maximum atomic E-state index is 14.3. The van der Waals surface area contributed by atoms with E-state index >= 15 is 0 Å². The Morgan fingerprint density at radius 1 is 1.17 bits per heavy atom. The van der Waals surface area contributed by atoms with E-state index in [0.717, 1.165) is 6.07 Å². The number of carbonyl (C=O) groups excluding carboxylic acids is 1. The first-order valence-corrected chi connectivity index (χ1v) is 9.49. The number of hydrogen-bond acceptors (Lipinski definition) is 3. The van der Waals surface area contributed by atoms with Crippen LogP contribution < -0.4 is 10.6 Å². The van der Waals surface area contributed by atoms with Crippen LogP contribution in [0.2, 0.25) is 0 Å². The molecule has 1 aromatic heterocycles. The number of benzene rings is 2. The minimum Gasteiger partial charge on any atom is -0.389 e. The lowest BCUT2D eigenvalue weighted by atomic mass is 10.0. The largest absolute Gasteiger partial charge is 0.389 e. The van der Waals surface area contributed by atoms with Gasteiger partial charge < -0.3 is 20.7 Å². The molecule has 30 heavy (non-hydrogen) atoms. The Kier molecular flexibility index (Phi) is 5.26. The smallest absolute Gasteiger partial charge is 0.220 e. The van der Waals surface area contributed by atoms with E-state index in [1.165, 1.54) is 30.3 Å². The molecule has 1 amide bonds. The van der Waals surface area contributed by atoms with E-state index in [-0.39, 0.29) is 24.3 Å². The maximum Gasteiger partial charge on any atom is 0.220 e. The zero-order valence-electron chi connectivity index (χ0n) is 15.9. The molecule has 0 spiro atoms. The molecule has 3 aromatic rings. The van der Waals surface area contributed by atoms with Crippen molar-refractivity contribution < 1.29 is 23.1 Å². The Morgan fingerprint density at radius 2 is 1.90 bits per heavy atom. The van der Waals surface area contributed by atoms with Crippen LogP contribution in [0, 0.1) is 17.5 Å². The third kappa shape index (κ3) is 3.78. The molecule has 0 aliphatic carbocycles. The van der Waals surface area contributed by atoms with Crippen molar-refractivity contribution in [1.82, 2.24) is 15.6 Å². The second-order valence-corrected chi connectivity index (χ2v) is 7.31. The van der Waals surface area contributed by atoms with Crippen molar-refractivity contribution in [2.45, 2.75) is 25.0 Å². The van der Waals surface area contributed by atoms with Crippen molar-refractivity contribution in [3.63, 3.8) is 0 Å². The van der Waals surface area contributed by atoms with Gasteiger partial charge in [0.25, 0.3) is 0 Å². The first-order chi connectivity index (χ1) is 14.3. The van der Waals surface area contributed by atoms with Gasteiger partial charge in [-0.15, -0.1) is 0 Å². The standard InChI is InChI=1S/C22H20F3N3O2/c1-11-20(18(29)10-26-11)27-19(30)7-6-15-16-8-14(24)9-17(25)22(16)28-21(15)12-2-4-13(23)5-3-12/h2-5,8-9,18,20,26,28-29H,1,6-7,10H2,(H,27,30)/t18-,20-/m1/s1. The highest BCUT2D eigenvalue weighted by Gasteiger charge is 2.29. The molecule has 0 bridgehead atoms. The van der Waals surface area contributed by atoms with Gasteiger partial charge in [0.15, 0.2) is 0 Å². The van der Waals surface area contributed by atoms with Crippen LogP contribution in [0.1, 0.15) is 12.0 Å². The van der Waals surface area contributed by atoms with Crippen molar-refractivity contribution in [3.8, 4) is 11.3 Å². The average molecular weight is 415 g/mol. The normalized spacial score (nSPS) is 18.6. The Bertz CT molecular complexity index is 1120. The van der Waals surface area contributed by atoms with Crippen LogP contribution in [-0.4, -0.2) is 34.7 Å². The van der Waals surface area contributed by atoms with Gasteiger partial charge in [-0.05, 0) is 47.9 Å². The number of aliphatic hydroxyl groups is 1. The minimum absolute atomic E-state index is 0.0236. The van der Waals surface area contributed by atoms with E-state index in [0.29, 0.717) is 34.4 Å². The van der Waals surface area contributed by atoms with Crippen molar-refractivity contribution in [1.29, 1.82) is 0 Å². The number of aromatic amines is 1. The number of fused-ring (bicyclic) bond motifs is 1. The summed E-state index contributed by atoms with van der Waals surface area (Å²) in [7, 11) is 0. The number of halogens is 3. The lowest BCUT2D eigenvalue weighted by Crippen LogP contribution is -2.41. The highest BCUT2D eigenvalue weighted by molar-refractivity contribution is 5.92. The summed E-state index contributed by atoms with van der Waals surface area (Å²) < 4.78 is 41.5. The summed E-state index contributed by atoms with van der Waals surface area (Å²) in [4.78, 5) is 15.4. The van der Waals surface area contributed by atoms with Crippen LogP contribution in [0.25, 0.3) is 22.2 Å². The van der Waals surface area contributed by atoms with Crippen molar-refractivity contribution >= 4 is 16.8 Å². The van der Waals surface area contributed by atoms with Gasteiger partial charge in [0.05, 0.1) is 17.7 Å². The minimum atomic E-state index is -0.771. The number of aromatic nitrogens is 1. The second-order valence-electron chi connectivity index (χ2n) is 7.31. The molecule has 5 nitrogen and oxygen atoms in total. The lowest BCUT2D eigenvalue weighted by Gasteiger charge is -2.16. The molecule has 4 N–H and O–H groups in total. The van der Waals surface area contributed by atoms with Crippen LogP contribution in [0.3, 0.4) is 0 Å². The van der Waals surface area contributed by atoms with Crippen molar-refractivity contribution in [2.24, 2.45) is 0 Å². The summed E-state index contributed by atoms with van der Waals surface area (Å²) in [5.74, 6) is -2.23. The fourth-order valence-corrected chi connectivity index (χ4v) is 3.76. The molecule has 1 aliphatic rings. The molecule has 2 atom stereocenters. The fraction of sp³-hybridized carbons (Fsp3) is 0.227. The van der Waals surface area contributed by atoms with E-state index in [1.807, 2.05) is 0 Å². The van der Waals surface area contributed by atoms with Crippen LogP contribution in [0.5, 0.6) is 0 Å². The van der Waals surface area contributed by atoms with Gasteiger partial charge in [-0.3, -0.25) is 4.79 Å². The van der Waals surface area contributed by atoms with Gasteiger partial charge in [-0.2, -0.15) is 0 Å². The number of H-pyrrole nitrogens is 1. The number of β-amino-alcohol motifs (C(OH)–C–C–N with tert-alkyl or cyclic N) is 1. The number of amides is 1. The van der Waals surface area contributed by atoms with Gasteiger partial charge in [-0.1, -0.05) is 6.58 Å². The number of rotatable bonds is 5. The molecule has 4 rings (SSSR count). The number of hydrogen-bond donors (Lipinski definition) is 4. The molecule has 0 radical (unpaired) electrons. The number of carbonyl (C=O) groups is 1. The zero-order chi connectivity index (χ0) is 21.4. The van der Waals surface area contributed by atoms with Crippen LogP contribution in [0.4, 0.5) is 13.2 Å². The number of nitrogens with one attached hydrogen (secondary N) is 3. The Balaban J connectivity index is 1.64. The highest BCUT2D eigenvalue weighted by Crippen LogP contribution is 2.33. The molecule has 2 heterocycles. The number of aryl methyl sites for hydroxylation is 1. The summed E-state index contributed by atoms with van der Waals surface area (Å²) in [5, 5.41) is 15.9. The lowest BCUT2D eigenvalue weighted by molar-refractivity contribution is -0.122. The van der Waals surface area contributed by atoms with E-state index in [9.17, 15) is 23.1 Å². The van der Waals surface area contributed by atoms with Crippen molar-refractivity contribution in [3.05, 3.63) is 71.7 Å². The second kappa shape index (κ2) is 7.87. The third-order valence-electron chi connectivity index (χ3n) is 5.28. The van der Waals surface area contributed by atoms with Gasteiger partial charge in [0, 0.05) is 35.8 Å². The topological polar surface area (TPSA) is 77.2 Å². The molecule has 1 aliphatic heterocycles. The van der Waals surface area contributed by atoms with E-state index < -0.39 is 29.6 Å². The fourth-order valence-electron chi connectivity index (χ4n) is 3.76. The molecule has 0 saturated carbocycles. The van der Waals surface area contributed by atoms with Gasteiger partial charge in [-0.25, -0.2) is 13.2 Å². The molecular weight excluding hydrogens is 395 g/mol. The van der Waals surface area contributed by atoms with E-state index in [1.54, 1.807) is 0 Å². The number of aliphatic hydroxyl groups excluding tert-OH is 1. The SMILES string of the molecule is C=C1NC[C@@H](O)[C@@H]1NC(=O)CCc1c(-c2ccc(F)cc2)[nH]c2c(F)cc(F)cc12. The van der Waals surface area contributed by atoms with Crippen LogP contribution >= 0.6 is 0 Å². The quantitative estimate of drug-likeness (QED) is 0.517. The van der Waals surface area contributed by atoms with E-state index in [4.69, 9.17) is 0 Å². The van der Waals surface area contributed by atoms with Gasteiger partial charge in [0.1, 0.15) is 17.5 Å². The molecule has 0 unspecified atom stereocenters. The molecule has 1 fully saturated rings. The predicted octanol–water partition coefficient (Wildman–Crippen LogP) is 3.15. The first kappa shape index (κ1) is 20.0. The summed E-state index contributed by atoms with van der Waals surface area (Å²) in [6.07, 6.45) is -0.563. The molecule has 1 saturated heterocycles. The first-order valence-electron chi connectivity index (χ1n) is 9.49. The maximum absolute atomic E-state index is 14.3. The Morgan fingerprint density at radius 3 is 2.57 bits per heavy atom. The highest BCUT2D eigenvalue weighted by atomic mass is 19.1. The van der Waals surface area contributed by atoms with E-state index in [2.05, 4.69) is 22.2 Å². The van der Waals surface area contributed by atoms with Crippen LogP contribution in [-0.2, 0) is 11.2 Å². The molecule has 8 heteroatoms. The third-order valence-corrected chi connectivity index (χ3v) is 5.28. The predicted molar refractivity (Wildman–Crippen MR) is 107 cm³/mol. The summed E-state index contributed by atoms with van der Waals surface area (Å²) in [6.45, 7) is 4.07. The summed E-state index contributed by atoms with van der Waals surface area (Å²) >= 11 is 0. The van der Waals surface area contributed by atoms with Crippen LogP contribution in [0.15, 0.2) is 48.7 Å². The summed E-state index contributed by atoms with van der Waals surface area (Å²) in [5.41, 5.74) is 2.28.